The molecule has 0 aliphatic heterocycles. The van der Waals surface area contributed by atoms with Gasteiger partial charge in [-0.25, -0.2) is 9.59 Å². The van der Waals surface area contributed by atoms with Crippen molar-refractivity contribution in [1.29, 1.82) is 0 Å². The summed E-state index contributed by atoms with van der Waals surface area (Å²) in [6.07, 6.45) is 15.7. The van der Waals surface area contributed by atoms with Crippen LogP contribution in [0.3, 0.4) is 0 Å². The van der Waals surface area contributed by atoms with E-state index in [4.69, 9.17) is 19.6 Å². The second-order valence-corrected chi connectivity index (χ2v) is 23.9. The minimum Gasteiger partial charge on any atom is -0.289 e. The van der Waals surface area contributed by atoms with Crippen LogP contribution >= 0.6 is 0 Å². The lowest BCUT2D eigenvalue weighted by molar-refractivity contribution is -0.363. The van der Waals surface area contributed by atoms with Gasteiger partial charge < -0.3 is 0 Å². The summed E-state index contributed by atoms with van der Waals surface area (Å²) in [5.41, 5.74) is 0.758. The number of rotatable bonds is 22. The SMILES string of the molecule is [CH2]CCCCCCCCCCCCCC[C](OOC(=O)c1ccc([Si](C)(C)C)cc1)OOC(=O)c1ccc([Si](C)(C)C)cc1. The Morgan fingerprint density at radius 2 is 0.818 bits per heavy atom. The molecule has 0 N–H and O–H groups in total. The Morgan fingerprint density at radius 3 is 1.14 bits per heavy atom. The number of hydrogen-bond donors (Lipinski definition) is 0. The van der Waals surface area contributed by atoms with Gasteiger partial charge in [0.15, 0.2) is 0 Å². The van der Waals surface area contributed by atoms with Crippen molar-refractivity contribution < 1.29 is 29.1 Å². The number of carbonyl (C=O) groups excluding carboxylic acids is 2. The van der Waals surface area contributed by atoms with E-state index in [1.165, 1.54) is 68.2 Å². The Morgan fingerprint density at radius 1 is 0.500 bits per heavy atom. The molecule has 0 saturated heterocycles. The van der Waals surface area contributed by atoms with E-state index in [1.807, 2.05) is 24.3 Å². The quantitative estimate of drug-likeness (QED) is 0.0553. The Hall–Kier alpha value is -2.27. The van der Waals surface area contributed by atoms with Crippen molar-refractivity contribution in [2.24, 2.45) is 0 Å². The predicted octanol–water partition coefficient (Wildman–Crippen LogP) is 9.44. The number of carbonyl (C=O) groups is 2. The Labute approximate surface area is 269 Å². The van der Waals surface area contributed by atoms with Crippen LogP contribution in [0.15, 0.2) is 48.5 Å². The van der Waals surface area contributed by atoms with E-state index in [2.05, 4.69) is 46.2 Å². The molecule has 0 aromatic heterocycles. The van der Waals surface area contributed by atoms with Crippen molar-refractivity contribution in [2.75, 3.05) is 0 Å². The second-order valence-electron chi connectivity index (χ2n) is 13.8. The fraction of sp³-hybridized carbons (Fsp3) is 0.556. The van der Waals surface area contributed by atoms with Gasteiger partial charge in [-0.2, -0.15) is 0 Å². The summed E-state index contributed by atoms with van der Waals surface area (Å²) < 4.78 is 0. The third kappa shape index (κ3) is 15.1. The van der Waals surface area contributed by atoms with Crippen LogP contribution in [-0.4, -0.2) is 28.1 Å². The van der Waals surface area contributed by atoms with Crippen LogP contribution in [0.1, 0.15) is 111 Å². The summed E-state index contributed by atoms with van der Waals surface area (Å²) >= 11 is 0. The van der Waals surface area contributed by atoms with Gasteiger partial charge in [0.1, 0.15) is 0 Å². The Kier molecular flexibility index (Phi) is 17.2. The highest BCUT2D eigenvalue weighted by atomic mass is 28.3. The fourth-order valence-electron chi connectivity index (χ4n) is 4.79. The third-order valence-electron chi connectivity index (χ3n) is 7.77. The van der Waals surface area contributed by atoms with Crippen molar-refractivity contribution in [3.63, 3.8) is 0 Å². The van der Waals surface area contributed by atoms with Crippen molar-refractivity contribution in [3.05, 3.63) is 72.9 Å². The van der Waals surface area contributed by atoms with E-state index in [0.717, 1.165) is 25.7 Å². The van der Waals surface area contributed by atoms with Crippen molar-refractivity contribution >= 4 is 38.5 Å². The first-order valence-corrected chi connectivity index (χ1v) is 23.6. The van der Waals surface area contributed by atoms with Gasteiger partial charge in [-0.3, -0.25) is 9.78 Å². The molecule has 0 saturated carbocycles. The van der Waals surface area contributed by atoms with Gasteiger partial charge in [0.25, 0.3) is 0 Å². The van der Waals surface area contributed by atoms with Crippen LogP contribution in [0.25, 0.3) is 0 Å². The largest absolute Gasteiger partial charge is 0.373 e. The Balaban J connectivity index is 1.82. The molecule has 2 aromatic rings. The van der Waals surface area contributed by atoms with Crippen LogP contribution in [0.2, 0.25) is 39.3 Å². The van der Waals surface area contributed by atoms with E-state index in [9.17, 15) is 9.59 Å². The van der Waals surface area contributed by atoms with Crippen LogP contribution in [-0.2, 0) is 19.6 Å². The zero-order valence-electron chi connectivity index (χ0n) is 28.2. The van der Waals surface area contributed by atoms with Crippen molar-refractivity contribution in [1.82, 2.24) is 0 Å². The predicted molar refractivity (Wildman–Crippen MR) is 185 cm³/mol. The molecule has 0 bridgehead atoms. The number of benzene rings is 2. The first kappa shape index (κ1) is 37.9. The van der Waals surface area contributed by atoms with E-state index in [-0.39, 0.29) is 6.29 Å². The topological polar surface area (TPSA) is 71.1 Å². The van der Waals surface area contributed by atoms with E-state index < -0.39 is 28.1 Å². The lowest BCUT2D eigenvalue weighted by Gasteiger charge is -2.17. The highest BCUT2D eigenvalue weighted by Crippen LogP contribution is 2.20. The minimum atomic E-state index is -1.49. The van der Waals surface area contributed by atoms with Gasteiger partial charge in [0.05, 0.1) is 27.3 Å². The molecule has 2 aromatic carbocycles. The first-order chi connectivity index (χ1) is 20.9. The fourth-order valence-corrected chi connectivity index (χ4v) is 7.12. The van der Waals surface area contributed by atoms with Gasteiger partial charge >= 0.3 is 18.2 Å². The van der Waals surface area contributed by atoms with Crippen LogP contribution in [0.5, 0.6) is 0 Å². The summed E-state index contributed by atoms with van der Waals surface area (Å²) in [4.78, 5) is 46.1. The highest BCUT2D eigenvalue weighted by molar-refractivity contribution is 6.89. The molecular formula is C36H56O6Si2. The summed E-state index contributed by atoms with van der Waals surface area (Å²) in [7, 11) is -2.97. The normalized spacial score (nSPS) is 12.0. The van der Waals surface area contributed by atoms with Crippen LogP contribution in [0.4, 0.5) is 0 Å². The average molecular weight is 641 g/mol. The number of hydrogen-bond acceptors (Lipinski definition) is 6. The van der Waals surface area contributed by atoms with Crippen LogP contribution < -0.4 is 10.4 Å². The maximum atomic E-state index is 12.7. The smallest absolute Gasteiger partial charge is 0.289 e. The van der Waals surface area contributed by atoms with Gasteiger partial charge in [0.2, 0.25) is 0 Å². The lowest BCUT2D eigenvalue weighted by atomic mass is 10.0. The molecule has 0 spiro atoms. The molecule has 0 aliphatic rings. The van der Waals surface area contributed by atoms with Crippen LogP contribution in [0, 0.1) is 13.2 Å². The average Bonchev–Trinajstić information content (AvgIpc) is 2.99. The molecule has 0 aliphatic carbocycles. The van der Waals surface area contributed by atoms with Crippen molar-refractivity contribution in [2.45, 2.75) is 129 Å². The van der Waals surface area contributed by atoms with Gasteiger partial charge in [0, 0.05) is 6.42 Å². The molecule has 244 valence electrons. The molecule has 6 nitrogen and oxygen atoms in total. The third-order valence-corrected chi connectivity index (χ3v) is 11.9. The lowest BCUT2D eigenvalue weighted by Crippen LogP contribution is -2.37. The molecule has 8 heteroatoms. The molecule has 0 amide bonds. The zero-order chi connectivity index (χ0) is 32.4. The zero-order valence-corrected chi connectivity index (χ0v) is 30.2. The summed E-state index contributed by atoms with van der Waals surface area (Å²) in [5.74, 6) is -1.27. The van der Waals surface area contributed by atoms with E-state index >= 15 is 0 Å². The molecule has 0 fully saturated rings. The maximum Gasteiger partial charge on any atom is 0.373 e. The molecule has 44 heavy (non-hydrogen) atoms. The molecule has 0 unspecified atom stereocenters. The summed E-state index contributed by atoms with van der Waals surface area (Å²) in [6, 6.07) is 14.8. The van der Waals surface area contributed by atoms with Gasteiger partial charge in [-0.15, -0.1) is 9.78 Å². The molecule has 0 atom stereocenters. The first-order valence-electron chi connectivity index (χ1n) is 16.6. The monoisotopic (exact) mass is 640 g/mol. The minimum absolute atomic E-state index is 0.0528. The standard InChI is InChI=1S/C36H56O6Si2/c1-8-9-10-11-12-13-14-15-16-17-18-19-20-21-34(39-41-35(37)30-22-26-32(27-23-30)43(2,3)4)40-42-36(38)31-24-28-33(29-25-31)44(5,6)7/h22-29H,1,8-21H2,2-7H3. The molecule has 2 rings (SSSR count). The second kappa shape index (κ2) is 20.0. The van der Waals surface area contributed by atoms with E-state index in [1.54, 1.807) is 24.3 Å². The van der Waals surface area contributed by atoms with E-state index in [0.29, 0.717) is 17.5 Å². The van der Waals surface area contributed by atoms with Gasteiger partial charge in [-0.05, 0) is 30.7 Å². The molecule has 0 heterocycles. The highest BCUT2D eigenvalue weighted by Gasteiger charge is 2.23. The maximum absolute atomic E-state index is 12.7. The molecule has 2 radical (unpaired) electrons. The molecular weight excluding hydrogens is 585 g/mol. The van der Waals surface area contributed by atoms with Gasteiger partial charge in [-0.1, -0.05) is 158 Å². The Bertz CT molecular complexity index is 1010. The summed E-state index contributed by atoms with van der Waals surface area (Å²) in [5, 5.41) is 2.49. The number of unbranched alkanes of at least 4 members (excludes halogenated alkanes) is 12. The summed E-state index contributed by atoms with van der Waals surface area (Å²) in [6.45, 7) is 17.4. The van der Waals surface area contributed by atoms with Crippen molar-refractivity contribution in [3.8, 4) is 0 Å².